The lowest BCUT2D eigenvalue weighted by Gasteiger charge is -2.13. The van der Waals surface area contributed by atoms with Crippen LogP contribution in [-0.4, -0.2) is 28.5 Å². The number of hydrogen-bond acceptors (Lipinski definition) is 5. The Balaban J connectivity index is 2.87. The van der Waals surface area contributed by atoms with Gasteiger partial charge in [0.2, 0.25) is 5.91 Å². The summed E-state index contributed by atoms with van der Waals surface area (Å²) in [5.74, 6) is -1.77. The lowest BCUT2D eigenvalue weighted by atomic mass is 10.1. The highest BCUT2D eigenvalue weighted by Crippen LogP contribution is 2.33. The molecule has 0 aliphatic heterocycles. The van der Waals surface area contributed by atoms with Crippen LogP contribution in [0.5, 0.6) is 5.75 Å². The van der Waals surface area contributed by atoms with Crippen LogP contribution in [0, 0.1) is 10.1 Å². The van der Waals surface area contributed by atoms with E-state index in [4.69, 9.17) is 9.84 Å². The number of nitrogens with zero attached hydrogens (tertiary/aromatic N) is 1. The fraction of sp³-hybridized carbons (Fsp3) is 0.529. The van der Waals surface area contributed by atoms with Crippen molar-refractivity contribution in [2.24, 2.45) is 0 Å². The van der Waals surface area contributed by atoms with Gasteiger partial charge in [-0.2, -0.15) is 0 Å². The quantitative estimate of drug-likeness (QED) is 0.353. The average Bonchev–Trinajstić information content (AvgIpc) is 2.53. The standard InChI is InChI=1S/C17H24N2O6/c1-3-4-5-6-7-8-9-25-16-11-15(19(23)24)13(17(21)22)10-14(16)18-12(2)20/h10-11H,3-9H2,1-2H3,(H,18,20)(H,21,22). The highest BCUT2D eigenvalue weighted by molar-refractivity contribution is 5.97. The fourth-order valence-corrected chi connectivity index (χ4v) is 2.36. The van der Waals surface area contributed by atoms with Crippen LogP contribution in [-0.2, 0) is 4.79 Å². The maximum absolute atomic E-state index is 11.3. The molecule has 0 unspecified atom stereocenters. The van der Waals surface area contributed by atoms with Gasteiger partial charge < -0.3 is 15.2 Å². The molecule has 0 spiro atoms. The molecular formula is C17H24N2O6. The topological polar surface area (TPSA) is 119 Å². The predicted molar refractivity (Wildman–Crippen MR) is 93.2 cm³/mol. The van der Waals surface area contributed by atoms with E-state index in [0.29, 0.717) is 6.61 Å². The lowest BCUT2D eigenvalue weighted by Crippen LogP contribution is -2.11. The Labute approximate surface area is 146 Å². The number of rotatable bonds is 11. The summed E-state index contributed by atoms with van der Waals surface area (Å²) in [4.78, 5) is 32.8. The van der Waals surface area contributed by atoms with Gasteiger partial charge in [0.1, 0.15) is 11.3 Å². The summed E-state index contributed by atoms with van der Waals surface area (Å²) in [6.07, 6.45) is 6.36. The second-order valence-electron chi connectivity index (χ2n) is 5.73. The molecule has 25 heavy (non-hydrogen) atoms. The van der Waals surface area contributed by atoms with Crippen LogP contribution >= 0.6 is 0 Å². The van der Waals surface area contributed by atoms with Gasteiger partial charge in [0, 0.05) is 6.92 Å². The Kier molecular flexibility index (Phi) is 8.38. The largest absolute Gasteiger partial charge is 0.491 e. The number of carboxylic acid groups (broad SMARTS) is 1. The number of nitro groups is 1. The number of aromatic carboxylic acids is 1. The van der Waals surface area contributed by atoms with E-state index in [1.807, 2.05) is 0 Å². The van der Waals surface area contributed by atoms with E-state index in [0.717, 1.165) is 44.2 Å². The number of anilines is 1. The third-order valence-electron chi connectivity index (χ3n) is 3.59. The van der Waals surface area contributed by atoms with E-state index in [9.17, 15) is 19.7 Å². The first-order valence-electron chi connectivity index (χ1n) is 8.33. The zero-order valence-electron chi connectivity index (χ0n) is 14.5. The first kappa shape index (κ1) is 20.4. The second-order valence-corrected chi connectivity index (χ2v) is 5.73. The third kappa shape index (κ3) is 6.78. The maximum Gasteiger partial charge on any atom is 0.342 e. The number of benzene rings is 1. The van der Waals surface area contributed by atoms with Crippen LogP contribution in [0.2, 0.25) is 0 Å². The van der Waals surface area contributed by atoms with Crippen LogP contribution < -0.4 is 10.1 Å². The van der Waals surface area contributed by atoms with Crippen LogP contribution in [0.1, 0.15) is 62.7 Å². The molecule has 0 bridgehead atoms. The SMILES string of the molecule is CCCCCCCCOc1cc([N+](=O)[O-])c(C(=O)O)cc1NC(C)=O. The molecule has 8 nitrogen and oxygen atoms in total. The van der Waals surface area contributed by atoms with E-state index in [1.54, 1.807) is 0 Å². The minimum Gasteiger partial charge on any atom is -0.491 e. The number of amides is 1. The van der Waals surface area contributed by atoms with E-state index < -0.39 is 28.1 Å². The number of hydrogen-bond donors (Lipinski definition) is 2. The molecule has 0 heterocycles. The maximum atomic E-state index is 11.3. The van der Waals surface area contributed by atoms with Crippen molar-refractivity contribution in [1.29, 1.82) is 0 Å². The number of carbonyl (C=O) groups is 2. The molecule has 0 aliphatic carbocycles. The molecule has 0 aliphatic rings. The van der Waals surface area contributed by atoms with Crippen LogP contribution in [0.3, 0.4) is 0 Å². The summed E-state index contributed by atoms with van der Waals surface area (Å²) in [5, 5.41) is 22.7. The first-order chi connectivity index (χ1) is 11.9. The van der Waals surface area contributed by atoms with Crippen molar-refractivity contribution < 1.29 is 24.4 Å². The minimum atomic E-state index is -1.44. The van der Waals surface area contributed by atoms with Crippen molar-refractivity contribution in [3.05, 3.63) is 27.8 Å². The van der Waals surface area contributed by atoms with Gasteiger partial charge in [-0.05, 0) is 12.5 Å². The molecule has 1 amide bonds. The van der Waals surface area contributed by atoms with E-state index >= 15 is 0 Å². The van der Waals surface area contributed by atoms with E-state index in [-0.39, 0.29) is 11.4 Å². The summed E-state index contributed by atoms with van der Waals surface area (Å²) < 4.78 is 5.56. The molecule has 1 aromatic carbocycles. The average molecular weight is 352 g/mol. The van der Waals surface area contributed by atoms with Gasteiger partial charge in [0.05, 0.1) is 23.3 Å². The summed E-state index contributed by atoms with van der Waals surface area (Å²) in [7, 11) is 0. The van der Waals surface area contributed by atoms with Crippen molar-refractivity contribution in [3.8, 4) is 5.75 Å². The van der Waals surface area contributed by atoms with Gasteiger partial charge in [-0.25, -0.2) is 4.79 Å². The molecule has 0 fully saturated rings. The molecule has 0 aromatic heterocycles. The fourth-order valence-electron chi connectivity index (χ4n) is 2.36. The molecule has 2 N–H and O–H groups in total. The second kappa shape index (κ2) is 10.3. The normalized spacial score (nSPS) is 10.3. The first-order valence-corrected chi connectivity index (χ1v) is 8.33. The smallest absolute Gasteiger partial charge is 0.342 e. The van der Waals surface area contributed by atoms with Crippen molar-refractivity contribution >= 4 is 23.3 Å². The van der Waals surface area contributed by atoms with Gasteiger partial charge in [-0.15, -0.1) is 0 Å². The van der Waals surface area contributed by atoms with Crippen LogP contribution in [0.15, 0.2) is 12.1 Å². The van der Waals surface area contributed by atoms with Crippen LogP contribution in [0.4, 0.5) is 11.4 Å². The molecule has 8 heteroatoms. The van der Waals surface area contributed by atoms with Gasteiger partial charge in [-0.3, -0.25) is 14.9 Å². The highest BCUT2D eigenvalue weighted by atomic mass is 16.6. The van der Waals surface area contributed by atoms with Gasteiger partial charge >= 0.3 is 5.97 Å². The van der Waals surface area contributed by atoms with E-state index in [1.165, 1.54) is 13.3 Å². The third-order valence-corrected chi connectivity index (χ3v) is 3.59. The van der Waals surface area contributed by atoms with E-state index in [2.05, 4.69) is 12.2 Å². The molecule has 0 atom stereocenters. The molecule has 1 aromatic rings. The summed E-state index contributed by atoms with van der Waals surface area (Å²) in [6, 6.07) is 2.10. The molecular weight excluding hydrogens is 328 g/mol. The lowest BCUT2D eigenvalue weighted by molar-refractivity contribution is -0.385. The monoisotopic (exact) mass is 352 g/mol. The van der Waals surface area contributed by atoms with Crippen molar-refractivity contribution in [1.82, 2.24) is 0 Å². The Bertz CT molecular complexity index is 630. The number of carbonyl (C=O) groups excluding carboxylic acids is 1. The number of nitro benzene ring substituents is 1. The number of carboxylic acids is 1. The summed E-state index contributed by atoms with van der Waals surface area (Å²) >= 11 is 0. The zero-order chi connectivity index (χ0) is 18.8. The molecule has 0 saturated carbocycles. The molecule has 0 radical (unpaired) electrons. The number of ether oxygens (including phenoxy) is 1. The van der Waals surface area contributed by atoms with Gasteiger partial charge in [0.25, 0.3) is 5.69 Å². The Morgan fingerprint density at radius 2 is 1.84 bits per heavy atom. The summed E-state index contributed by atoms with van der Waals surface area (Å²) in [6.45, 7) is 3.74. The summed E-state index contributed by atoms with van der Waals surface area (Å²) in [5.41, 5.74) is -0.957. The minimum absolute atomic E-state index is 0.0976. The van der Waals surface area contributed by atoms with Gasteiger partial charge in [0.15, 0.2) is 0 Å². The molecule has 138 valence electrons. The van der Waals surface area contributed by atoms with Crippen molar-refractivity contribution in [3.63, 3.8) is 0 Å². The predicted octanol–water partition coefficient (Wildman–Crippen LogP) is 3.99. The Morgan fingerprint density at radius 1 is 1.20 bits per heavy atom. The van der Waals surface area contributed by atoms with Crippen molar-refractivity contribution in [2.45, 2.75) is 52.4 Å². The van der Waals surface area contributed by atoms with Crippen molar-refractivity contribution in [2.75, 3.05) is 11.9 Å². The highest BCUT2D eigenvalue weighted by Gasteiger charge is 2.24. The number of nitrogens with one attached hydrogen (secondary N) is 1. The zero-order valence-corrected chi connectivity index (χ0v) is 14.5. The molecule has 1 rings (SSSR count). The Hall–Kier alpha value is -2.64. The Morgan fingerprint density at radius 3 is 2.40 bits per heavy atom. The number of unbranched alkanes of at least 4 members (excludes halogenated alkanes) is 5. The molecule has 0 saturated heterocycles. The van der Waals surface area contributed by atoms with Crippen LogP contribution in [0.25, 0.3) is 0 Å². The van der Waals surface area contributed by atoms with Gasteiger partial charge in [-0.1, -0.05) is 39.0 Å².